The van der Waals surface area contributed by atoms with E-state index in [4.69, 9.17) is 10.6 Å². The van der Waals surface area contributed by atoms with Crippen molar-refractivity contribution < 1.29 is 14.6 Å². The quantitative estimate of drug-likeness (QED) is 0.427. The zero-order valence-corrected chi connectivity index (χ0v) is 8.91. The van der Waals surface area contributed by atoms with Crippen LogP contribution in [0.5, 0.6) is 0 Å². The van der Waals surface area contributed by atoms with Crippen molar-refractivity contribution in [2.75, 3.05) is 12.7 Å². The summed E-state index contributed by atoms with van der Waals surface area (Å²) in [7, 11) is -2.22. The fraction of sp³-hybridized carbons (Fsp3) is 1.00. The summed E-state index contributed by atoms with van der Waals surface area (Å²) in [5.74, 6) is 0.0812. The Morgan fingerprint density at radius 3 is 2.54 bits per heavy atom. The van der Waals surface area contributed by atoms with Gasteiger partial charge in [-0.1, -0.05) is 13.3 Å². The van der Waals surface area contributed by atoms with Crippen LogP contribution in [0.15, 0.2) is 0 Å². The van der Waals surface area contributed by atoms with Gasteiger partial charge in [-0.05, 0) is 29.9 Å². The van der Waals surface area contributed by atoms with E-state index in [0.29, 0.717) is 6.54 Å². The van der Waals surface area contributed by atoms with E-state index in [1.807, 2.05) is 6.92 Å². The highest BCUT2D eigenvalue weighted by Crippen LogP contribution is 2.21. The predicted octanol–water partition coefficient (Wildman–Crippen LogP) is 0.847. The van der Waals surface area contributed by atoms with Crippen LogP contribution in [0.4, 0.5) is 0 Å². The number of unbranched alkanes of at least 4 members (excludes halogenated alkanes) is 1. The van der Waals surface area contributed by atoms with Gasteiger partial charge in [0.15, 0.2) is 0 Å². The fourth-order valence-corrected chi connectivity index (χ4v) is 1.82. The first kappa shape index (κ1) is 13.0. The highest BCUT2D eigenvalue weighted by Gasteiger charge is 2.23. The first-order valence-electron chi connectivity index (χ1n) is 4.59. The van der Waals surface area contributed by atoms with Gasteiger partial charge in [0, 0.05) is 0 Å². The minimum Gasteiger partial charge on any atom is -0.388 e. The molecule has 0 spiro atoms. The molecule has 4 nitrogen and oxygen atoms in total. The first-order chi connectivity index (χ1) is 6.07. The summed E-state index contributed by atoms with van der Waals surface area (Å²) in [6, 6.07) is 0. The average Bonchev–Trinajstić information content (AvgIpc) is 2.03. The number of hydrogen-bond acceptors (Lipinski definition) is 3. The van der Waals surface area contributed by atoms with Crippen molar-refractivity contribution in [2.24, 2.45) is 11.7 Å². The maximum Gasteiger partial charge on any atom is 0.508 e. The molecular weight excluding hydrogens is 189 g/mol. The van der Waals surface area contributed by atoms with Gasteiger partial charge in [-0.3, -0.25) is 0 Å². The Morgan fingerprint density at radius 1 is 1.46 bits per heavy atom. The van der Waals surface area contributed by atoms with Crippen molar-refractivity contribution in [2.45, 2.75) is 32.3 Å². The van der Waals surface area contributed by atoms with Crippen molar-refractivity contribution in [1.29, 1.82) is 0 Å². The van der Waals surface area contributed by atoms with Crippen molar-refractivity contribution in [3.8, 4) is 0 Å². The number of aliphatic hydroxyl groups is 1. The molecule has 0 aliphatic carbocycles. The molecule has 13 heavy (non-hydrogen) atoms. The third kappa shape index (κ3) is 7.08. The molecule has 3 unspecified atom stereocenters. The Labute approximate surface area is 80.0 Å². The monoisotopic (exact) mass is 208 g/mol. The minimum absolute atomic E-state index is 0.0148. The number of nitrogens with two attached hydrogens (primary N) is 1. The molecular formula is C8H19NO3P+. The second-order valence-corrected chi connectivity index (χ2v) is 4.43. The van der Waals surface area contributed by atoms with Crippen LogP contribution in [-0.4, -0.2) is 28.8 Å². The van der Waals surface area contributed by atoms with Gasteiger partial charge in [-0.15, -0.1) is 0 Å². The summed E-state index contributed by atoms with van der Waals surface area (Å²) in [6.45, 7) is 2.55. The van der Waals surface area contributed by atoms with Gasteiger partial charge in [0.25, 0.3) is 0 Å². The summed E-state index contributed by atoms with van der Waals surface area (Å²) < 4.78 is 10.4. The highest BCUT2D eigenvalue weighted by molar-refractivity contribution is 7.38. The van der Waals surface area contributed by atoms with E-state index >= 15 is 0 Å². The molecule has 0 aliphatic rings. The number of hydrogen-bond donors (Lipinski definition) is 3. The molecule has 5 heteroatoms. The molecule has 0 saturated carbocycles. The van der Waals surface area contributed by atoms with Crippen LogP contribution in [0.3, 0.4) is 0 Å². The fourth-order valence-electron chi connectivity index (χ4n) is 1.14. The zero-order chi connectivity index (χ0) is 10.3. The standard InChI is InChI=1S/C8H18NO3P/c1-7(4-2-3-5-9)8(10)6-13(11)12/h7-8,10H,2-6,9H2,1H3/p+1. The molecule has 0 rings (SSSR count). The molecule has 0 bridgehead atoms. The van der Waals surface area contributed by atoms with Crippen molar-refractivity contribution >= 4 is 8.03 Å². The molecule has 78 valence electrons. The SMILES string of the molecule is CC(CCCCN)C(O)C[P+](=O)O. The van der Waals surface area contributed by atoms with Crippen LogP contribution < -0.4 is 5.73 Å². The second-order valence-electron chi connectivity index (χ2n) is 3.36. The van der Waals surface area contributed by atoms with Crippen LogP contribution in [0, 0.1) is 5.92 Å². The van der Waals surface area contributed by atoms with Crippen molar-refractivity contribution in [1.82, 2.24) is 0 Å². The normalized spacial score (nSPS) is 16.8. The molecule has 0 heterocycles. The Balaban J connectivity index is 3.56. The van der Waals surface area contributed by atoms with Gasteiger partial charge in [0.2, 0.25) is 6.16 Å². The smallest absolute Gasteiger partial charge is 0.388 e. The summed E-state index contributed by atoms with van der Waals surface area (Å²) in [5, 5.41) is 9.41. The lowest BCUT2D eigenvalue weighted by Gasteiger charge is -2.13. The molecule has 0 aromatic rings. The molecule has 0 radical (unpaired) electrons. The minimum atomic E-state index is -2.22. The van der Waals surface area contributed by atoms with E-state index in [0.717, 1.165) is 19.3 Å². The maximum absolute atomic E-state index is 10.4. The molecule has 0 aromatic heterocycles. The Bertz CT molecular complexity index is 154. The van der Waals surface area contributed by atoms with Gasteiger partial charge in [0.05, 0.1) is 0 Å². The van der Waals surface area contributed by atoms with Crippen molar-refractivity contribution in [3.63, 3.8) is 0 Å². The van der Waals surface area contributed by atoms with Crippen LogP contribution in [0.1, 0.15) is 26.2 Å². The maximum atomic E-state index is 10.4. The van der Waals surface area contributed by atoms with Crippen LogP contribution in [0.2, 0.25) is 0 Å². The van der Waals surface area contributed by atoms with Gasteiger partial charge in [0.1, 0.15) is 6.10 Å². The van der Waals surface area contributed by atoms with Gasteiger partial charge < -0.3 is 10.8 Å². The van der Waals surface area contributed by atoms with E-state index in [1.54, 1.807) is 0 Å². The second kappa shape index (κ2) is 7.39. The number of rotatable bonds is 7. The number of aliphatic hydroxyl groups excluding tert-OH is 1. The Hall–Kier alpha value is -0.0200. The van der Waals surface area contributed by atoms with Crippen LogP contribution in [0.25, 0.3) is 0 Å². The lowest BCUT2D eigenvalue weighted by molar-refractivity contribution is 0.130. The lowest BCUT2D eigenvalue weighted by Crippen LogP contribution is -2.20. The van der Waals surface area contributed by atoms with Crippen molar-refractivity contribution in [3.05, 3.63) is 0 Å². The topological polar surface area (TPSA) is 83.5 Å². The molecule has 0 aromatic carbocycles. The molecule has 0 fully saturated rings. The summed E-state index contributed by atoms with van der Waals surface area (Å²) in [6.07, 6.45) is 2.10. The van der Waals surface area contributed by atoms with Crippen LogP contribution in [-0.2, 0) is 4.57 Å². The van der Waals surface area contributed by atoms with Crippen LogP contribution >= 0.6 is 8.03 Å². The summed E-state index contributed by atoms with van der Waals surface area (Å²) in [4.78, 5) is 8.57. The average molecular weight is 208 g/mol. The van der Waals surface area contributed by atoms with Gasteiger partial charge in [-0.2, -0.15) is 4.89 Å². The molecule has 3 atom stereocenters. The largest absolute Gasteiger partial charge is 0.508 e. The van der Waals surface area contributed by atoms with E-state index < -0.39 is 14.1 Å². The zero-order valence-electron chi connectivity index (χ0n) is 8.02. The van der Waals surface area contributed by atoms with E-state index in [-0.39, 0.29) is 12.1 Å². The van der Waals surface area contributed by atoms with Gasteiger partial charge in [-0.25, -0.2) is 0 Å². The molecule has 0 saturated heterocycles. The molecule has 4 N–H and O–H groups in total. The highest BCUT2D eigenvalue weighted by atomic mass is 31.1. The lowest BCUT2D eigenvalue weighted by atomic mass is 9.99. The van der Waals surface area contributed by atoms with E-state index in [9.17, 15) is 9.67 Å². The Morgan fingerprint density at radius 2 is 2.08 bits per heavy atom. The molecule has 0 aliphatic heterocycles. The van der Waals surface area contributed by atoms with E-state index in [1.165, 1.54) is 0 Å². The Kier molecular flexibility index (Phi) is 7.38. The third-order valence-electron chi connectivity index (χ3n) is 2.11. The predicted molar refractivity (Wildman–Crippen MR) is 52.8 cm³/mol. The molecule has 0 amide bonds. The van der Waals surface area contributed by atoms with Gasteiger partial charge >= 0.3 is 8.03 Å². The summed E-state index contributed by atoms with van der Waals surface area (Å²) >= 11 is 0. The first-order valence-corrected chi connectivity index (χ1v) is 5.99. The third-order valence-corrected chi connectivity index (χ3v) is 2.80. The summed E-state index contributed by atoms with van der Waals surface area (Å²) in [5.41, 5.74) is 5.32. The van der Waals surface area contributed by atoms with E-state index in [2.05, 4.69) is 0 Å².